The first kappa shape index (κ1) is 20.2. The van der Waals surface area contributed by atoms with Gasteiger partial charge in [0.2, 0.25) is 12.5 Å². The lowest BCUT2D eigenvalue weighted by Crippen LogP contribution is -2.24. The summed E-state index contributed by atoms with van der Waals surface area (Å²) in [5, 5.41) is 0. The van der Waals surface area contributed by atoms with Crippen molar-refractivity contribution in [3.05, 3.63) is 29.8 Å². The molecule has 30 heavy (non-hydrogen) atoms. The Balaban J connectivity index is 1.98. The molecule has 160 valence electrons. The van der Waals surface area contributed by atoms with Crippen LogP contribution in [0.5, 0.6) is 28.7 Å². The van der Waals surface area contributed by atoms with Crippen molar-refractivity contribution in [2.24, 2.45) is 11.3 Å². The quantitative estimate of drug-likeness (QED) is 0.673. The summed E-state index contributed by atoms with van der Waals surface area (Å²) in [6.45, 7) is 6.00. The second kappa shape index (κ2) is 7.31. The van der Waals surface area contributed by atoms with Gasteiger partial charge in [0.25, 0.3) is 0 Å². The first-order valence-electron chi connectivity index (χ1n) is 9.77. The molecule has 0 aliphatic carbocycles. The Morgan fingerprint density at radius 1 is 0.967 bits per heavy atom. The predicted octanol–water partition coefficient (Wildman–Crippen LogP) is 4.37. The molecule has 1 fully saturated rings. The predicted molar refractivity (Wildman–Crippen MR) is 109 cm³/mol. The molecule has 0 radical (unpaired) electrons. The minimum Gasteiger partial charge on any atom is -0.493 e. The zero-order valence-corrected chi connectivity index (χ0v) is 18.0. The van der Waals surface area contributed by atoms with Crippen LogP contribution in [-0.2, 0) is 9.53 Å². The summed E-state index contributed by atoms with van der Waals surface area (Å²) in [5.74, 6) is 2.49. The highest BCUT2D eigenvalue weighted by Crippen LogP contribution is 2.55. The molecule has 0 spiro atoms. The van der Waals surface area contributed by atoms with Gasteiger partial charge in [-0.05, 0) is 37.6 Å². The second-order valence-corrected chi connectivity index (χ2v) is 8.01. The molecule has 4 rings (SSSR count). The fraction of sp³-hybridized carbons (Fsp3) is 0.435. The molecule has 0 saturated carbocycles. The van der Waals surface area contributed by atoms with Gasteiger partial charge in [-0.1, -0.05) is 13.0 Å². The summed E-state index contributed by atoms with van der Waals surface area (Å²) in [4.78, 5) is 12.6. The first-order valence-corrected chi connectivity index (χ1v) is 9.77. The molecule has 0 N–H and O–H groups in total. The molecule has 2 heterocycles. The van der Waals surface area contributed by atoms with Crippen molar-refractivity contribution >= 4 is 5.97 Å². The van der Waals surface area contributed by atoms with Gasteiger partial charge >= 0.3 is 5.97 Å². The normalized spacial score (nSPS) is 21.3. The first-order chi connectivity index (χ1) is 14.3. The fourth-order valence-corrected chi connectivity index (χ4v) is 4.02. The third kappa shape index (κ3) is 2.91. The number of rotatable bonds is 5. The highest BCUT2D eigenvalue weighted by Gasteiger charge is 2.50. The van der Waals surface area contributed by atoms with E-state index in [1.54, 1.807) is 21.3 Å². The maximum absolute atomic E-state index is 12.6. The van der Waals surface area contributed by atoms with Gasteiger partial charge in [-0.25, -0.2) is 0 Å². The van der Waals surface area contributed by atoms with E-state index in [0.29, 0.717) is 28.7 Å². The number of esters is 1. The third-order valence-corrected chi connectivity index (χ3v) is 6.18. The molecule has 2 aromatic carbocycles. The van der Waals surface area contributed by atoms with Gasteiger partial charge in [0.1, 0.15) is 6.10 Å². The Hall–Kier alpha value is -3.09. The van der Waals surface area contributed by atoms with Crippen molar-refractivity contribution in [3.63, 3.8) is 0 Å². The van der Waals surface area contributed by atoms with Crippen LogP contribution in [0.2, 0.25) is 0 Å². The van der Waals surface area contributed by atoms with Crippen LogP contribution in [0.1, 0.15) is 32.4 Å². The van der Waals surface area contributed by atoms with Crippen molar-refractivity contribution < 1.29 is 33.2 Å². The van der Waals surface area contributed by atoms with Crippen molar-refractivity contribution in [1.82, 2.24) is 0 Å². The van der Waals surface area contributed by atoms with E-state index in [4.69, 9.17) is 28.4 Å². The number of hydrogen-bond donors (Lipinski definition) is 0. The molecule has 2 aromatic rings. The molecular weight excluding hydrogens is 388 g/mol. The number of methoxy groups -OCH3 is 3. The highest BCUT2D eigenvalue weighted by atomic mass is 16.7. The SMILES string of the molecule is COc1cc([C@H]2OC(=O)C(C)(C)[C@H]2C)c(-c2ccc3c(c2)OCO3)c(OC)c1OC. The molecule has 7 heteroatoms. The Morgan fingerprint density at radius 3 is 2.27 bits per heavy atom. The molecule has 0 unspecified atom stereocenters. The zero-order chi connectivity index (χ0) is 21.6. The standard InChI is InChI=1S/C23H26O7/c1-12-19(30-22(24)23(12,2)3)14-10-17(25-4)20(26-5)21(27-6)18(14)13-7-8-15-16(9-13)29-11-28-15/h7-10,12,19H,11H2,1-6H3/t12-,19-/m0/s1. The van der Waals surface area contributed by atoms with Crippen LogP contribution in [0.15, 0.2) is 24.3 Å². The Kier molecular flexibility index (Phi) is 4.92. The monoisotopic (exact) mass is 414 g/mol. The van der Waals surface area contributed by atoms with Gasteiger partial charge in [-0.15, -0.1) is 0 Å². The number of cyclic esters (lactones) is 1. The van der Waals surface area contributed by atoms with Crippen molar-refractivity contribution in [1.29, 1.82) is 0 Å². The van der Waals surface area contributed by atoms with E-state index >= 15 is 0 Å². The number of benzene rings is 2. The summed E-state index contributed by atoms with van der Waals surface area (Å²) in [6, 6.07) is 7.53. The summed E-state index contributed by atoms with van der Waals surface area (Å²) in [6.07, 6.45) is -0.471. The van der Waals surface area contributed by atoms with Crippen LogP contribution in [0, 0.1) is 11.3 Å². The van der Waals surface area contributed by atoms with E-state index in [2.05, 4.69) is 0 Å². The molecule has 7 nitrogen and oxygen atoms in total. The van der Waals surface area contributed by atoms with Gasteiger partial charge in [0.15, 0.2) is 23.0 Å². The summed E-state index contributed by atoms with van der Waals surface area (Å²) in [7, 11) is 4.70. The molecule has 0 aromatic heterocycles. The Bertz CT molecular complexity index is 996. The zero-order valence-electron chi connectivity index (χ0n) is 18.0. The lowest BCUT2D eigenvalue weighted by atomic mass is 9.76. The van der Waals surface area contributed by atoms with Gasteiger partial charge in [-0.3, -0.25) is 4.79 Å². The van der Waals surface area contributed by atoms with Crippen LogP contribution in [0.4, 0.5) is 0 Å². The van der Waals surface area contributed by atoms with E-state index in [1.807, 2.05) is 45.0 Å². The van der Waals surface area contributed by atoms with E-state index in [1.165, 1.54) is 0 Å². The minimum absolute atomic E-state index is 0.0689. The summed E-state index contributed by atoms with van der Waals surface area (Å²) < 4.78 is 33.8. The van der Waals surface area contributed by atoms with E-state index in [-0.39, 0.29) is 18.7 Å². The molecule has 2 aliphatic heterocycles. The van der Waals surface area contributed by atoms with Crippen LogP contribution in [0.25, 0.3) is 11.1 Å². The van der Waals surface area contributed by atoms with E-state index < -0.39 is 11.5 Å². The average Bonchev–Trinajstić information content (AvgIpc) is 3.29. The van der Waals surface area contributed by atoms with Gasteiger partial charge in [0, 0.05) is 17.0 Å². The van der Waals surface area contributed by atoms with Crippen molar-refractivity contribution in [2.45, 2.75) is 26.9 Å². The largest absolute Gasteiger partial charge is 0.493 e. The molecule has 2 atom stereocenters. The Labute approximate surface area is 175 Å². The van der Waals surface area contributed by atoms with Gasteiger partial charge in [-0.2, -0.15) is 0 Å². The number of carbonyl (C=O) groups excluding carboxylic acids is 1. The number of ether oxygens (including phenoxy) is 6. The second-order valence-electron chi connectivity index (χ2n) is 8.01. The number of fused-ring (bicyclic) bond motifs is 1. The smallest absolute Gasteiger partial charge is 0.312 e. The van der Waals surface area contributed by atoms with Crippen LogP contribution >= 0.6 is 0 Å². The maximum Gasteiger partial charge on any atom is 0.312 e. The van der Waals surface area contributed by atoms with Gasteiger partial charge in [0.05, 0.1) is 26.7 Å². The molecule has 0 amide bonds. The van der Waals surface area contributed by atoms with E-state index in [9.17, 15) is 4.79 Å². The van der Waals surface area contributed by atoms with Crippen LogP contribution in [-0.4, -0.2) is 34.1 Å². The molecule has 0 bridgehead atoms. The van der Waals surface area contributed by atoms with Crippen molar-refractivity contribution in [2.75, 3.05) is 28.1 Å². The maximum atomic E-state index is 12.6. The fourth-order valence-electron chi connectivity index (χ4n) is 4.02. The average molecular weight is 414 g/mol. The van der Waals surface area contributed by atoms with E-state index in [0.717, 1.165) is 16.7 Å². The lowest BCUT2D eigenvalue weighted by Gasteiger charge is -2.26. The summed E-state index contributed by atoms with van der Waals surface area (Å²) >= 11 is 0. The van der Waals surface area contributed by atoms with Crippen LogP contribution in [0.3, 0.4) is 0 Å². The Morgan fingerprint density at radius 2 is 1.67 bits per heavy atom. The lowest BCUT2D eigenvalue weighted by molar-refractivity contribution is -0.147. The highest BCUT2D eigenvalue weighted by molar-refractivity contribution is 5.84. The summed E-state index contributed by atoms with van der Waals surface area (Å²) in [5.41, 5.74) is 1.77. The topological polar surface area (TPSA) is 72.5 Å². The molecular formula is C23H26O7. The third-order valence-electron chi connectivity index (χ3n) is 6.18. The molecule has 2 aliphatic rings. The van der Waals surface area contributed by atoms with Crippen LogP contribution < -0.4 is 23.7 Å². The van der Waals surface area contributed by atoms with Gasteiger partial charge < -0.3 is 28.4 Å². The van der Waals surface area contributed by atoms with Crippen molar-refractivity contribution in [3.8, 4) is 39.9 Å². The minimum atomic E-state index is -0.614. The number of carbonyl (C=O) groups is 1. The molecule has 1 saturated heterocycles. The number of hydrogen-bond acceptors (Lipinski definition) is 7.